The molecular weight excluding hydrogens is 492 g/mol. The zero-order chi connectivity index (χ0) is 27.4. The standard InChI is InChI=1S/C29H37F2N3O4/c1-29(2,31)18-33-13-10-19(11-14-33)17-38-25-9-8-20(15-21(25)16-35)22-5-3-6-23(30)26(22)28(37)34-12-4-7-24(34)27(32)36/h3,5-6,8-9,15,19,24,35H,4,7,10-14,16-18H2,1-2H3,(H2,32,36)/t24-/m0/s1. The Bertz CT molecular complexity index is 1160. The number of nitrogens with two attached hydrogens (primary N) is 1. The van der Waals surface area contributed by atoms with E-state index in [-0.39, 0.29) is 12.2 Å². The van der Waals surface area contributed by atoms with Crippen LogP contribution in [0.4, 0.5) is 8.78 Å². The van der Waals surface area contributed by atoms with Gasteiger partial charge in [0.2, 0.25) is 5.91 Å². The molecule has 0 unspecified atom stereocenters. The summed E-state index contributed by atoms with van der Waals surface area (Å²) in [4.78, 5) is 28.7. The monoisotopic (exact) mass is 529 g/mol. The smallest absolute Gasteiger partial charge is 0.258 e. The number of primary amides is 1. The third-order valence-corrected chi connectivity index (χ3v) is 7.39. The highest BCUT2D eigenvalue weighted by Crippen LogP contribution is 2.33. The number of nitrogens with zero attached hydrogens (tertiary/aromatic N) is 2. The van der Waals surface area contributed by atoms with Gasteiger partial charge in [-0.1, -0.05) is 18.2 Å². The molecule has 0 spiro atoms. The van der Waals surface area contributed by atoms with Gasteiger partial charge in [-0.2, -0.15) is 0 Å². The number of hydrogen-bond donors (Lipinski definition) is 2. The lowest BCUT2D eigenvalue weighted by Crippen LogP contribution is -2.44. The van der Waals surface area contributed by atoms with Gasteiger partial charge in [-0.15, -0.1) is 0 Å². The van der Waals surface area contributed by atoms with Crippen molar-refractivity contribution in [2.45, 2.75) is 57.8 Å². The molecule has 0 aliphatic carbocycles. The minimum Gasteiger partial charge on any atom is -0.493 e. The summed E-state index contributed by atoms with van der Waals surface area (Å²) in [6.45, 7) is 5.76. The number of benzene rings is 2. The maximum atomic E-state index is 15.0. The Kier molecular flexibility index (Phi) is 8.67. The number of aliphatic hydroxyl groups is 1. The molecule has 4 rings (SSSR count). The van der Waals surface area contributed by atoms with Crippen LogP contribution in [-0.2, 0) is 11.4 Å². The van der Waals surface area contributed by atoms with E-state index in [2.05, 4.69) is 4.90 Å². The maximum absolute atomic E-state index is 15.0. The molecule has 2 fully saturated rings. The van der Waals surface area contributed by atoms with Crippen molar-refractivity contribution in [2.75, 3.05) is 32.8 Å². The molecule has 0 aromatic heterocycles. The fourth-order valence-corrected chi connectivity index (χ4v) is 5.49. The maximum Gasteiger partial charge on any atom is 0.258 e. The average Bonchev–Trinajstić information content (AvgIpc) is 3.37. The predicted molar refractivity (Wildman–Crippen MR) is 141 cm³/mol. The van der Waals surface area contributed by atoms with Crippen LogP contribution in [0.15, 0.2) is 36.4 Å². The van der Waals surface area contributed by atoms with Crippen LogP contribution in [-0.4, -0.2) is 71.2 Å². The average molecular weight is 530 g/mol. The lowest BCUT2D eigenvalue weighted by Gasteiger charge is -2.34. The summed E-state index contributed by atoms with van der Waals surface area (Å²) >= 11 is 0. The summed E-state index contributed by atoms with van der Waals surface area (Å²) in [5, 5.41) is 10.0. The van der Waals surface area contributed by atoms with Crippen molar-refractivity contribution in [3.63, 3.8) is 0 Å². The minimum atomic E-state index is -1.22. The molecule has 7 nitrogen and oxygen atoms in total. The summed E-state index contributed by atoms with van der Waals surface area (Å²) in [5.74, 6) is -1.01. The second-order valence-electron chi connectivity index (χ2n) is 11.0. The lowest BCUT2D eigenvalue weighted by molar-refractivity contribution is -0.121. The van der Waals surface area contributed by atoms with E-state index in [1.54, 1.807) is 38.1 Å². The van der Waals surface area contributed by atoms with Gasteiger partial charge >= 0.3 is 0 Å². The van der Waals surface area contributed by atoms with Gasteiger partial charge in [0.15, 0.2) is 0 Å². The highest BCUT2D eigenvalue weighted by molar-refractivity contribution is 6.03. The number of carbonyl (C=O) groups is 2. The fraction of sp³-hybridized carbons (Fsp3) is 0.517. The Labute approximate surface area is 222 Å². The SMILES string of the molecule is CC(C)(F)CN1CCC(COc2ccc(-c3cccc(F)c3C(=O)N3CCC[C@H]3C(N)=O)cc2CO)CC1. The van der Waals surface area contributed by atoms with Crippen molar-refractivity contribution in [1.82, 2.24) is 9.80 Å². The van der Waals surface area contributed by atoms with Crippen molar-refractivity contribution in [3.05, 3.63) is 53.3 Å². The number of piperidine rings is 1. The van der Waals surface area contributed by atoms with Gasteiger partial charge in [-0.05, 0) is 87.9 Å². The quantitative estimate of drug-likeness (QED) is 0.514. The third kappa shape index (κ3) is 6.50. The summed E-state index contributed by atoms with van der Waals surface area (Å²) in [6, 6.07) is 8.79. The number of alkyl halides is 1. The number of halogens is 2. The van der Waals surface area contributed by atoms with E-state index >= 15 is 4.39 Å². The van der Waals surface area contributed by atoms with Gasteiger partial charge in [0.25, 0.3) is 5.91 Å². The lowest BCUT2D eigenvalue weighted by atomic mass is 9.95. The molecule has 2 aliphatic rings. The van der Waals surface area contributed by atoms with Crippen LogP contribution in [0.2, 0.25) is 0 Å². The van der Waals surface area contributed by atoms with Gasteiger partial charge in [-0.3, -0.25) is 9.59 Å². The fourth-order valence-electron chi connectivity index (χ4n) is 5.49. The van der Waals surface area contributed by atoms with Crippen LogP contribution in [0.3, 0.4) is 0 Å². The van der Waals surface area contributed by atoms with Crippen molar-refractivity contribution >= 4 is 11.8 Å². The van der Waals surface area contributed by atoms with Gasteiger partial charge in [0, 0.05) is 18.7 Å². The Morgan fingerprint density at radius 2 is 1.87 bits per heavy atom. The van der Waals surface area contributed by atoms with Crippen molar-refractivity contribution in [3.8, 4) is 16.9 Å². The predicted octanol–water partition coefficient (Wildman–Crippen LogP) is 3.91. The molecule has 0 bridgehead atoms. The zero-order valence-corrected chi connectivity index (χ0v) is 22.1. The number of aliphatic hydroxyl groups excluding tert-OH is 1. The number of amides is 2. The van der Waals surface area contributed by atoms with Crippen LogP contribution < -0.4 is 10.5 Å². The molecular formula is C29H37F2N3O4. The highest BCUT2D eigenvalue weighted by atomic mass is 19.1. The summed E-state index contributed by atoms with van der Waals surface area (Å²) in [7, 11) is 0. The van der Waals surface area contributed by atoms with E-state index in [0.717, 1.165) is 25.9 Å². The molecule has 2 amide bonds. The van der Waals surface area contributed by atoms with Gasteiger partial charge < -0.3 is 25.4 Å². The molecule has 2 aromatic carbocycles. The number of likely N-dealkylation sites (tertiary alicyclic amines) is 2. The van der Waals surface area contributed by atoms with Crippen LogP contribution >= 0.6 is 0 Å². The van der Waals surface area contributed by atoms with E-state index in [1.807, 2.05) is 0 Å². The first-order chi connectivity index (χ1) is 18.1. The first kappa shape index (κ1) is 28.0. The van der Waals surface area contributed by atoms with Crippen molar-refractivity contribution in [1.29, 1.82) is 0 Å². The number of carbonyl (C=O) groups excluding carboxylic acids is 2. The second-order valence-corrected chi connectivity index (χ2v) is 11.0. The molecule has 3 N–H and O–H groups in total. The Hall–Kier alpha value is -3.04. The third-order valence-electron chi connectivity index (χ3n) is 7.39. The molecule has 0 saturated carbocycles. The van der Waals surface area contributed by atoms with E-state index < -0.39 is 29.3 Å². The zero-order valence-electron chi connectivity index (χ0n) is 22.1. The molecule has 0 radical (unpaired) electrons. The minimum absolute atomic E-state index is 0.124. The molecule has 2 aliphatic heterocycles. The Balaban J connectivity index is 1.49. The molecule has 2 aromatic rings. The first-order valence-electron chi connectivity index (χ1n) is 13.2. The van der Waals surface area contributed by atoms with E-state index in [9.17, 15) is 19.1 Å². The number of rotatable bonds is 9. The van der Waals surface area contributed by atoms with Crippen LogP contribution in [0.1, 0.15) is 55.5 Å². The molecule has 9 heteroatoms. The summed E-state index contributed by atoms with van der Waals surface area (Å²) in [6.07, 6.45) is 2.88. The Morgan fingerprint density at radius 3 is 2.53 bits per heavy atom. The van der Waals surface area contributed by atoms with Gasteiger partial charge in [0.1, 0.15) is 23.3 Å². The van der Waals surface area contributed by atoms with Crippen molar-refractivity contribution in [2.24, 2.45) is 11.7 Å². The molecule has 1 atom stereocenters. The highest BCUT2D eigenvalue weighted by Gasteiger charge is 2.35. The molecule has 38 heavy (non-hydrogen) atoms. The van der Waals surface area contributed by atoms with Crippen molar-refractivity contribution < 1.29 is 28.2 Å². The van der Waals surface area contributed by atoms with E-state index in [0.29, 0.717) is 60.9 Å². The van der Waals surface area contributed by atoms with Gasteiger partial charge in [-0.25, -0.2) is 8.78 Å². The largest absolute Gasteiger partial charge is 0.493 e. The topological polar surface area (TPSA) is 96.1 Å². The Morgan fingerprint density at radius 1 is 1.13 bits per heavy atom. The summed E-state index contributed by atoms with van der Waals surface area (Å²) in [5.41, 5.74) is 5.59. The van der Waals surface area contributed by atoms with E-state index in [1.165, 1.54) is 17.0 Å². The summed E-state index contributed by atoms with van der Waals surface area (Å²) < 4.78 is 35.0. The molecule has 2 saturated heterocycles. The molecule has 2 heterocycles. The first-order valence-corrected chi connectivity index (χ1v) is 13.2. The molecule has 206 valence electrons. The van der Waals surface area contributed by atoms with Crippen LogP contribution in [0.25, 0.3) is 11.1 Å². The van der Waals surface area contributed by atoms with E-state index in [4.69, 9.17) is 10.5 Å². The van der Waals surface area contributed by atoms with Gasteiger partial charge in [0.05, 0.1) is 18.8 Å². The number of ether oxygens (including phenoxy) is 1. The number of hydrogen-bond acceptors (Lipinski definition) is 5. The second kappa shape index (κ2) is 11.8. The normalized spacial score (nSPS) is 19.1. The van der Waals surface area contributed by atoms with Crippen LogP contribution in [0, 0.1) is 11.7 Å². The van der Waals surface area contributed by atoms with Crippen LogP contribution in [0.5, 0.6) is 5.75 Å².